The summed E-state index contributed by atoms with van der Waals surface area (Å²) >= 11 is 0. The van der Waals surface area contributed by atoms with Crippen molar-refractivity contribution in [1.82, 2.24) is 14.7 Å². The molecule has 0 amide bonds. The van der Waals surface area contributed by atoms with Crippen LogP contribution < -0.4 is 4.90 Å². The van der Waals surface area contributed by atoms with Crippen molar-refractivity contribution in [2.45, 2.75) is 34.1 Å². The Labute approximate surface area is 122 Å². The third-order valence-electron chi connectivity index (χ3n) is 3.78. The number of hydrogen-bond acceptors (Lipinski definition) is 4. The molecule has 0 spiro atoms. The van der Waals surface area contributed by atoms with Crippen molar-refractivity contribution >= 4 is 5.82 Å². The molecule has 1 rings (SSSR count). The predicted octanol–water partition coefficient (Wildman–Crippen LogP) is 2.16. The third-order valence-corrected chi connectivity index (χ3v) is 3.78. The topological polar surface area (TPSA) is 48.1 Å². The zero-order valence-corrected chi connectivity index (χ0v) is 13.5. The first-order valence-corrected chi connectivity index (χ1v) is 7.49. The first-order valence-electron chi connectivity index (χ1n) is 7.49. The van der Waals surface area contributed by atoms with Crippen molar-refractivity contribution in [1.29, 1.82) is 5.26 Å². The van der Waals surface area contributed by atoms with Gasteiger partial charge in [-0.15, -0.1) is 0 Å². The lowest BCUT2D eigenvalue weighted by Crippen LogP contribution is -2.31. The molecule has 0 aliphatic carbocycles. The summed E-state index contributed by atoms with van der Waals surface area (Å²) in [6.45, 7) is 13.5. The molecule has 112 valence electrons. The number of nitrogens with zero attached hydrogens (tertiary/aromatic N) is 5. The third kappa shape index (κ3) is 3.73. The Hall–Kier alpha value is -1.54. The van der Waals surface area contributed by atoms with Gasteiger partial charge in [0.15, 0.2) is 0 Å². The Balaban J connectivity index is 2.75. The quantitative estimate of drug-likeness (QED) is 0.730. The number of aromatic nitrogens is 2. The maximum Gasteiger partial charge on any atom is 0.144 e. The molecule has 1 heterocycles. The molecule has 0 fully saturated rings. The van der Waals surface area contributed by atoms with Gasteiger partial charge in [-0.2, -0.15) is 10.4 Å². The van der Waals surface area contributed by atoms with Gasteiger partial charge in [0.25, 0.3) is 0 Å². The molecule has 0 atom stereocenters. The average Bonchev–Trinajstić information content (AvgIpc) is 2.73. The number of rotatable bonds is 8. The van der Waals surface area contributed by atoms with Crippen LogP contribution in [0.5, 0.6) is 0 Å². The maximum absolute atomic E-state index is 9.31. The fourth-order valence-electron chi connectivity index (χ4n) is 2.58. The molecule has 20 heavy (non-hydrogen) atoms. The van der Waals surface area contributed by atoms with Gasteiger partial charge in [0.05, 0.1) is 5.69 Å². The first-order chi connectivity index (χ1) is 9.58. The van der Waals surface area contributed by atoms with E-state index in [1.807, 2.05) is 18.7 Å². The number of aryl methyl sites for hydroxylation is 2. The van der Waals surface area contributed by atoms with E-state index in [1.54, 1.807) is 0 Å². The van der Waals surface area contributed by atoms with Gasteiger partial charge in [-0.05, 0) is 39.9 Å². The summed E-state index contributed by atoms with van der Waals surface area (Å²) in [7, 11) is 1.91. The lowest BCUT2D eigenvalue weighted by atomic mass is 10.2. The van der Waals surface area contributed by atoms with E-state index in [4.69, 9.17) is 0 Å². The zero-order valence-electron chi connectivity index (χ0n) is 13.5. The highest BCUT2D eigenvalue weighted by atomic mass is 15.4. The summed E-state index contributed by atoms with van der Waals surface area (Å²) in [5.41, 5.74) is 1.52. The highest BCUT2D eigenvalue weighted by Crippen LogP contribution is 2.22. The van der Waals surface area contributed by atoms with Crippen LogP contribution in [-0.4, -0.2) is 47.4 Å². The molecule has 0 aliphatic rings. The van der Waals surface area contributed by atoms with Crippen molar-refractivity contribution in [3.63, 3.8) is 0 Å². The molecule has 0 N–H and O–H groups in total. The highest BCUT2D eigenvalue weighted by Gasteiger charge is 2.18. The maximum atomic E-state index is 9.31. The van der Waals surface area contributed by atoms with Gasteiger partial charge < -0.3 is 9.80 Å². The van der Waals surface area contributed by atoms with E-state index >= 15 is 0 Å². The van der Waals surface area contributed by atoms with E-state index < -0.39 is 0 Å². The zero-order chi connectivity index (χ0) is 15.1. The van der Waals surface area contributed by atoms with Crippen LogP contribution in [0.2, 0.25) is 0 Å². The van der Waals surface area contributed by atoms with E-state index in [0.29, 0.717) is 5.56 Å². The van der Waals surface area contributed by atoms with Crippen molar-refractivity contribution < 1.29 is 0 Å². The summed E-state index contributed by atoms with van der Waals surface area (Å²) < 4.78 is 1.83. The van der Waals surface area contributed by atoms with Crippen LogP contribution in [0, 0.1) is 18.3 Å². The Bertz CT molecular complexity index is 454. The number of nitriles is 1. The molecule has 0 saturated carbocycles. The Kier molecular flexibility index (Phi) is 6.53. The average molecular weight is 277 g/mol. The summed E-state index contributed by atoms with van der Waals surface area (Å²) in [5, 5.41) is 13.7. The lowest BCUT2D eigenvalue weighted by molar-refractivity contribution is 0.300. The molecule has 5 heteroatoms. The molecule has 0 bridgehead atoms. The van der Waals surface area contributed by atoms with Crippen LogP contribution in [-0.2, 0) is 7.05 Å². The molecule has 0 radical (unpaired) electrons. The monoisotopic (exact) mass is 277 g/mol. The molecular formula is C15H27N5. The van der Waals surface area contributed by atoms with E-state index in [1.165, 1.54) is 0 Å². The van der Waals surface area contributed by atoms with Crippen molar-refractivity contribution in [3.8, 4) is 6.07 Å². The highest BCUT2D eigenvalue weighted by molar-refractivity contribution is 5.56. The van der Waals surface area contributed by atoms with Crippen LogP contribution in [0.3, 0.4) is 0 Å². The van der Waals surface area contributed by atoms with Crippen molar-refractivity contribution in [2.24, 2.45) is 7.05 Å². The predicted molar refractivity (Wildman–Crippen MR) is 83.0 cm³/mol. The van der Waals surface area contributed by atoms with Crippen LogP contribution in [0.1, 0.15) is 38.4 Å². The Morgan fingerprint density at radius 2 is 1.80 bits per heavy atom. The van der Waals surface area contributed by atoms with Gasteiger partial charge in [0.1, 0.15) is 17.5 Å². The molecule has 1 aromatic rings. The van der Waals surface area contributed by atoms with E-state index in [-0.39, 0.29) is 0 Å². The first kappa shape index (κ1) is 16.5. The molecule has 5 nitrogen and oxygen atoms in total. The molecule has 0 aliphatic heterocycles. The smallest absolute Gasteiger partial charge is 0.144 e. The van der Waals surface area contributed by atoms with Crippen LogP contribution in [0.15, 0.2) is 0 Å². The van der Waals surface area contributed by atoms with Crippen molar-refractivity contribution in [3.05, 3.63) is 11.3 Å². The molecule has 1 aromatic heterocycles. The van der Waals surface area contributed by atoms with Crippen LogP contribution in [0.4, 0.5) is 5.82 Å². The standard InChI is InChI=1S/C15H27N5/c1-6-19(7-2)10-9-11-20(8-3)15-14(12-16)13(4)17-18(15)5/h6-11H2,1-5H3. The Morgan fingerprint density at radius 1 is 1.15 bits per heavy atom. The second-order valence-electron chi connectivity index (χ2n) is 4.98. The van der Waals surface area contributed by atoms with Gasteiger partial charge in [-0.25, -0.2) is 0 Å². The largest absolute Gasteiger partial charge is 0.356 e. The minimum Gasteiger partial charge on any atom is -0.356 e. The Morgan fingerprint density at radius 3 is 2.30 bits per heavy atom. The second kappa shape index (κ2) is 7.91. The lowest BCUT2D eigenvalue weighted by Gasteiger charge is -2.25. The molecule has 0 unspecified atom stereocenters. The van der Waals surface area contributed by atoms with Crippen molar-refractivity contribution in [2.75, 3.05) is 37.6 Å². The summed E-state index contributed by atoms with van der Waals surface area (Å²) in [6.07, 6.45) is 1.10. The molecule has 0 saturated heterocycles. The number of hydrogen-bond donors (Lipinski definition) is 0. The summed E-state index contributed by atoms with van der Waals surface area (Å²) in [4.78, 5) is 4.68. The van der Waals surface area contributed by atoms with Gasteiger partial charge in [-0.3, -0.25) is 4.68 Å². The fraction of sp³-hybridized carbons (Fsp3) is 0.733. The normalized spacial score (nSPS) is 10.8. The van der Waals surface area contributed by atoms with E-state index in [9.17, 15) is 5.26 Å². The summed E-state index contributed by atoms with van der Waals surface area (Å²) in [6, 6.07) is 2.29. The molecular weight excluding hydrogens is 250 g/mol. The van der Waals surface area contributed by atoms with Gasteiger partial charge in [-0.1, -0.05) is 13.8 Å². The van der Waals surface area contributed by atoms with E-state index in [0.717, 1.165) is 50.7 Å². The summed E-state index contributed by atoms with van der Waals surface area (Å²) in [5.74, 6) is 0.951. The fourth-order valence-corrected chi connectivity index (χ4v) is 2.58. The SMILES string of the molecule is CCN(CC)CCCN(CC)c1c(C#N)c(C)nn1C. The van der Waals surface area contributed by atoms with Gasteiger partial charge in [0.2, 0.25) is 0 Å². The van der Waals surface area contributed by atoms with Crippen LogP contribution in [0.25, 0.3) is 0 Å². The number of anilines is 1. The van der Waals surface area contributed by atoms with Gasteiger partial charge >= 0.3 is 0 Å². The van der Waals surface area contributed by atoms with Crippen LogP contribution >= 0.6 is 0 Å². The second-order valence-corrected chi connectivity index (χ2v) is 4.98. The van der Waals surface area contributed by atoms with E-state index in [2.05, 4.69) is 41.7 Å². The minimum atomic E-state index is 0.706. The van der Waals surface area contributed by atoms with Gasteiger partial charge in [0, 0.05) is 20.1 Å². The molecule has 0 aromatic carbocycles. The minimum absolute atomic E-state index is 0.706.